The summed E-state index contributed by atoms with van der Waals surface area (Å²) < 4.78 is 18.8. The first kappa shape index (κ1) is 15.1. The van der Waals surface area contributed by atoms with Gasteiger partial charge in [-0.25, -0.2) is 9.18 Å². The Labute approximate surface area is 126 Å². The molecule has 0 amide bonds. The third kappa shape index (κ3) is 4.33. The first-order valence-corrected chi connectivity index (χ1v) is 6.51. The number of carbonyl (C=O) groups is 1. The lowest BCUT2D eigenvalue weighted by Crippen LogP contribution is -1.98. The van der Waals surface area contributed by atoms with Crippen molar-refractivity contribution in [1.82, 2.24) is 0 Å². The van der Waals surface area contributed by atoms with E-state index in [9.17, 15) is 9.18 Å². The van der Waals surface area contributed by atoms with E-state index in [1.165, 1.54) is 24.3 Å². The summed E-state index contributed by atoms with van der Waals surface area (Å²) in [5.74, 6) is -0.939. The minimum Gasteiger partial charge on any atom is -0.488 e. The Kier molecular flexibility index (Phi) is 4.95. The maximum atomic E-state index is 13.2. The number of carboxylic acids is 1. The number of ether oxygens (including phenoxy) is 1. The average Bonchev–Trinajstić information content (AvgIpc) is 2.47. The van der Waals surface area contributed by atoms with Gasteiger partial charge in [-0.2, -0.15) is 0 Å². The fraction of sp³-hybridized carbons (Fsp3) is 0.0625. The van der Waals surface area contributed by atoms with E-state index in [0.29, 0.717) is 21.9 Å². The summed E-state index contributed by atoms with van der Waals surface area (Å²) >= 11 is 5.97. The fourth-order valence-electron chi connectivity index (χ4n) is 1.72. The minimum absolute atomic E-state index is 0.0918. The van der Waals surface area contributed by atoms with Crippen LogP contribution in [0.1, 0.15) is 11.1 Å². The number of halogens is 2. The predicted octanol–water partition coefficient (Wildman–Crippen LogP) is 4.16. The van der Waals surface area contributed by atoms with Gasteiger partial charge in [0.2, 0.25) is 0 Å². The van der Waals surface area contributed by atoms with Crippen LogP contribution in [0.4, 0.5) is 4.39 Å². The first-order valence-electron chi connectivity index (χ1n) is 6.13. The zero-order valence-corrected chi connectivity index (χ0v) is 11.7. The molecule has 0 fully saturated rings. The van der Waals surface area contributed by atoms with Crippen molar-refractivity contribution in [3.8, 4) is 5.75 Å². The molecule has 108 valence electrons. The van der Waals surface area contributed by atoms with Crippen LogP contribution in [-0.4, -0.2) is 11.1 Å². The minimum atomic E-state index is -1.04. The highest BCUT2D eigenvalue weighted by Crippen LogP contribution is 2.23. The van der Waals surface area contributed by atoms with E-state index >= 15 is 0 Å². The van der Waals surface area contributed by atoms with Crippen molar-refractivity contribution in [2.75, 3.05) is 0 Å². The second-order valence-corrected chi connectivity index (χ2v) is 4.64. The van der Waals surface area contributed by atoms with Crippen molar-refractivity contribution in [2.45, 2.75) is 6.61 Å². The number of hydrogen-bond donors (Lipinski definition) is 1. The molecular formula is C16H12ClFO3. The summed E-state index contributed by atoms with van der Waals surface area (Å²) in [6.07, 6.45) is 2.46. The molecule has 0 atom stereocenters. The van der Waals surface area contributed by atoms with Gasteiger partial charge in [-0.1, -0.05) is 29.8 Å². The van der Waals surface area contributed by atoms with Gasteiger partial charge < -0.3 is 9.84 Å². The van der Waals surface area contributed by atoms with Gasteiger partial charge in [0.05, 0.1) is 0 Å². The highest BCUT2D eigenvalue weighted by Gasteiger charge is 2.05. The molecular weight excluding hydrogens is 295 g/mol. The van der Waals surface area contributed by atoms with E-state index in [2.05, 4.69) is 0 Å². The molecule has 0 aliphatic heterocycles. The van der Waals surface area contributed by atoms with Crippen LogP contribution in [0.3, 0.4) is 0 Å². The zero-order chi connectivity index (χ0) is 15.2. The number of carboxylic acid groups (broad SMARTS) is 1. The van der Waals surface area contributed by atoms with Crippen molar-refractivity contribution in [1.29, 1.82) is 0 Å². The van der Waals surface area contributed by atoms with Gasteiger partial charge in [0.1, 0.15) is 18.2 Å². The second kappa shape index (κ2) is 6.90. The summed E-state index contributed by atoms with van der Waals surface area (Å²) in [6.45, 7) is 0.0918. The van der Waals surface area contributed by atoms with Crippen LogP contribution in [0.2, 0.25) is 5.02 Å². The summed E-state index contributed by atoms with van der Waals surface area (Å²) in [6, 6.07) is 11.0. The van der Waals surface area contributed by atoms with Crippen molar-refractivity contribution in [3.05, 3.63) is 70.5 Å². The number of para-hydroxylation sites is 1. The maximum Gasteiger partial charge on any atom is 0.328 e. The molecule has 0 saturated heterocycles. The number of aliphatic carboxylic acids is 1. The van der Waals surface area contributed by atoms with Gasteiger partial charge in [-0.05, 0) is 30.3 Å². The third-order valence-corrected chi connectivity index (χ3v) is 3.08. The van der Waals surface area contributed by atoms with E-state index < -0.39 is 11.8 Å². The van der Waals surface area contributed by atoms with Crippen LogP contribution in [0.15, 0.2) is 48.5 Å². The SMILES string of the molecule is O=C(O)/C=C/c1ccccc1OCc1cc(F)ccc1Cl. The van der Waals surface area contributed by atoms with Gasteiger partial charge in [0.15, 0.2) is 0 Å². The Bertz CT molecular complexity index is 683. The van der Waals surface area contributed by atoms with Crippen molar-refractivity contribution in [2.24, 2.45) is 0 Å². The lowest BCUT2D eigenvalue weighted by atomic mass is 10.2. The molecule has 0 bridgehead atoms. The Morgan fingerprint density at radius 3 is 2.81 bits per heavy atom. The van der Waals surface area contributed by atoms with Crippen molar-refractivity contribution < 1.29 is 19.0 Å². The van der Waals surface area contributed by atoms with E-state index in [1.807, 2.05) is 0 Å². The van der Waals surface area contributed by atoms with Gasteiger partial charge in [-0.3, -0.25) is 0 Å². The van der Waals surface area contributed by atoms with Gasteiger partial charge in [0.25, 0.3) is 0 Å². The van der Waals surface area contributed by atoms with E-state index in [4.69, 9.17) is 21.4 Å². The molecule has 0 heterocycles. The normalized spacial score (nSPS) is 10.8. The number of rotatable bonds is 5. The molecule has 2 aromatic rings. The highest BCUT2D eigenvalue weighted by atomic mass is 35.5. The van der Waals surface area contributed by atoms with E-state index in [1.54, 1.807) is 24.3 Å². The Balaban J connectivity index is 2.16. The molecule has 2 rings (SSSR count). The van der Waals surface area contributed by atoms with E-state index in [-0.39, 0.29) is 6.61 Å². The molecule has 0 aliphatic carbocycles. The Hall–Kier alpha value is -2.33. The van der Waals surface area contributed by atoms with Crippen LogP contribution >= 0.6 is 11.6 Å². The smallest absolute Gasteiger partial charge is 0.328 e. The molecule has 2 aromatic carbocycles. The maximum absolute atomic E-state index is 13.2. The summed E-state index contributed by atoms with van der Waals surface area (Å²) in [7, 11) is 0. The molecule has 5 heteroatoms. The molecule has 0 aliphatic rings. The van der Waals surface area contributed by atoms with Gasteiger partial charge in [-0.15, -0.1) is 0 Å². The quantitative estimate of drug-likeness (QED) is 0.844. The van der Waals surface area contributed by atoms with Crippen LogP contribution in [-0.2, 0) is 11.4 Å². The lowest BCUT2D eigenvalue weighted by Gasteiger charge is -2.10. The Morgan fingerprint density at radius 2 is 2.05 bits per heavy atom. The van der Waals surface area contributed by atoms with E-state index in [0.717, 1.165) is 6.08 Å². The van der Waals surface area contributed by atoms with Crippen LogP contribution in [0, 0.1) is 5.82 Å². The zero-order valence-electron chi connectivity index (χ0n) is 10.9. The third-order valence-electron chi connectivity index (χ3n) is 2.72. The molecule has 21 heavy (non-hydrogen) atoms. The molecule has 0 saturated carbocycles. The molecule has 0 unspecified atom stereocenters. The first-order chi connectivity index (χ1) is 10.1. The predicted molar refractivity (Wildman–Crippen MR) is 78.9 cm³/mol. The lowest BCUT2D eigenvalue weighted by molar-refractivity contribution is -0.131. The largest absolute Gasteiger partial charge is 0.488 e. The number of hydrogen-bond acceptors (Lipinski definition) is 2. The molecule has 0 spiro atoms. The molecule has 0 radical (unpaired) electrons. The van der Waals surface area contributed by atoms with Crippen LogP contribution in [0.5, 0.6) is 5.75 Å². The van der Waals surface area contributed by atoms with Gasteiger partial charge >= 0.3 is 5.97 Å². The summed E-state index contributed by atoms with van der Waals surface area (Å²) in [4.78, 5) is 10.6. The summed E-state index contributed by atoms with van der Waals surface area (Å²) in [5, 5.41) is 9.07. The molecule has 1 N–H and O–H groups in total. The molecule has 0 aromatic heterocycles. The van der Waals surface area contributed by atoms with Crippen LogP contribution < -0.4 is 4.74 Å². The Morgan fingerprint density at radius 1 is 1.29 bits per heavy atom. The monoisotopic (exact) mass is 306 g/mol. The standard InChI is InChI=1S/C16H12ClFO3/c17-14-7-6-13(18)9-12(14)10-21-15-4-2-1-3-11(15)5-8-16(19)20/h1-9H,10H2,(H,19,20)/b8-5+. The number of benzene rings is 2. The van der Waals surface area contributed by atoms with Gasteiger partial charge in [0, 0.05) is 22.2 Å². The van der Waals surface area contributed by atoms with Crippen molar-refractivity contribution in [3.63, 3.8) is 0 Å². The van der Waals surface area contributed by atoms with Crippen molar-refractivity contribution >= 4 is 23.6 Å². The molecule has 3 nitrogen and oxygen atoms in total. The summed E-state index contributed by atoms with van der Waals surface area (Å²) in [5.41, 5.74) is 1.14. The fourth-order valence-corrected chi connectivity index (χ4v) is 1.89. The average molecular weight is 307 g/mol. The second-order valence-electron chi connectivity index (χ2n) is 4.23. The highest BCUT2D eigenvalue weighted by molar-refractivity contribution is 6.31. The van der Waals surface area contributed by atoms with Crippen LogP contribution in [0.25, 0.3) is 6.08 Å². The topological polar surface area (TPSA) is 46.5 Å².